The molecule has 3 heteroatoms. The highest BCUT2D eigenvalue weighted by molar-refractivity contribution is 5.83. The van der Waals surface area contributed by atoms with Crippen molar-refractivity contribution < 1.29 is 4.79 Å². The van der Waals surface area contributed by atoms with Gasteiger partial charge in [0.15, 0.2) is 0 Å². The summed E-state index contributed by atoms with van der Waals surface area (Å²) in [5, 5.41) is 13.9. The smallest absolute Gasteiger partial charge is 0.221 e. The summed E-state index contributed by atoms with van der Waals surface area (Å²) in [6, 6.07) is 16.1. The predicted molar refractivity (Wildman–Crippen MR) is 80.1 cm³/mol. The maximum atomic E-state index is 11.7. The second kappa shape index (κ2) is 6.72. The molecule has 3 nitrogen and oxygen atoms in total. The van der Waals surface area contributed by atoms with Crippen LogP contribution in [0.1, 0.15) is 25.3 Å². The summed E-state index contributed by atoms with van der Waals surface area (Å²) < 4.78 is 0. The molecule has 2 aromatic rings. The molecular weight excluding hydrogens is 248 g/mol. The van der Waals surface area contributed by atoms with Crippen LogP contribution in [-0.2, 0) is 11.2 Å². The van der Waals surface area contributed by atoms with Crippen molar-refractivity contribution in [1.82, 2.24) is 5.32 Å². The highest BCUT2D eigenvalue weighted by atomic mass is 16.1. The second-order valence-electron chi connectivity index (χ2n) is 4.84. The van der Waals surface area contributed by atoms with Gasteiger partial charge in [-0.15, -0.1) is 0 Å². The minimum Gasteiger partial charge on any atom is -0.340 e. The average Bonchev–Trinajstić information content (AvgIpc) is 2.50. The van der Waals surface area contributed by atoms with Gasteiger partial charge in [-0.1, -0.05) is 49.4 Å². The Hall–Kier alpha value is -2.34. The van der Waals surface area contributed by atoms with Crippen LogP contribution in [0.15, 0.2) is 42.5 Å². The standard InChI is InChI=1S/C17H18N2O/c1-2-16(12-18)19-17(20)10-8-13-7-9-14-5-3-4-6-15(14)11-13/h3-7,9,11,16H,2,8,10H2,1H3,(H,19,20)/t16-/m1/s1. The topological polar surface area (TPSA) is 52.9 Å². The van der Waals surface area contributed by atoms with Gasteiger partial charge in [0.05, 0.1) is 6.07 Å². The molecule has 1 amide bonds. The zero-order valence-corrected chi connectivity index (χ0v) is 11.6. The number of carbonyl (C=O) groups excluding carboxylic acids is 1. The third-order valence-electron chi connectivity index (χ3n) is 3.35. The van der Waals surface area contributed by atoms with Gasteiger partial charge < -0.3 is 5.32 Å². The van der Waals surface area contributed by atoms with E-state index in [1.54, 1.807) is 0 Å². The van der Waals surface area contributed by atoms with Gasteiger partial charge in [-0.25, -0.2) is 0 Å². The normalized spacial score (nSPS) is 11.8. The van der Waals surface area contributed by atoms with Crippen molar-refractivity contribution in [2.24, 2.45) is 0 Å². The molecule has 0 saturated heterocycles. The Kier molecular flexibility index (Phi) is 4.73. The van der Waals surface area contributed by atoms with E-state index in [-0.39, 0.29) is 11.9 Å². The molecule has 102 valence electrons. The molecule has 1 atom stereocenters. The summed E-state index contributed by atoms with van der Waals surface area (Å²) in [7, 11) is 0. The van der Waals surface area contributed by atoms with Crippen LogP contribution in [-0.4, -0.2) is 11.9 Å². The van der Waals surface area contributed by atoms with E-state index in [2.05, 4.69) is 41.7 Å². The van der Waals surface area contributed by atoms with E-state index in [0.29, 0.717) is 19.3 Å². The first-order valence-corrected chi connectivity index (χ1v) is 6.89. The van der Waals surface area contributed by atoms with E-state index in [9.17, 15) is 4.79 Å². The lowest BCUT2D eigenvalue weighted by atomic mass is 10.0. The molecule has 20 heavy (non-hydrogen) atoms. The van der Waals surface area contributed by atoms with E-state index in [1.165, 1.54) is 10.8 Å². The number of amides is 1. The quantitative estimate of drug-likeness (QED) is 0.903. The van der Waals surface area contributed by atoms with Gasteiger partial charge in [-0.2, -0.15) is 5.26 Å². The molecular formula is C17H18N2O. The number of nitrogens with zero attached hydrogens (tertiary/aromatic N) is 1. The molecule has 0 aliphatic heterocycles. The number of aryl methyl sites for hydroxylation is 1. The van der Waals surface area contributed by atoms with Gasteiger partial charge >= 0.3 is 0 Å². The lowest BCUT2D eigenvalue weighted by Crippen LogP contribution is -2.33. The minimum absolute atomic E-state index is 0.0634. The van der Waals surface area contributed by atoms with Gasteiger partial charge in [0.1, 0.15) is 6.04 Å². The Morgan fingerprint density at radius 2 is 2.00 bits per heavy atom. The monoisotopic (exact) mass is 266 g/mol. The van der Waals surface area contributed by atoms with Crippen LogP contribution in [0.2, 0.25) is 0 Å². The number of rotatable bonds is 5. The van der Waals surface area contributed by atoms with Crippen molar-refractivity contribution in [3.8, 4) is 6.07 Å². The first kappa shape index (κ1) is 14.1. The fraction of sp³-hybridized carbons (Fsp3) is 0.294. The van der Waals surface area contributed by atoms with Gasteiger partial charge in [0, 0.05) is 6.42 Å². The molecule has 0 fully saturated rings. The highest BCUT2D eigenvalue weighted by Gasteiger charge is 2.09. The molecule has 0 bridgehead atoms. The van der Waals surface area contributed by atoms with Crippen LogP contribution in [0.4, 0.5) is 0 Å². The van der Waals surface area contributed by atoms with Gasteiger partial charge in [-0.3, -0.25) is 4.79 Å². The first-order chi connectivity index (χ1) is 9.72. The van der Waals surface area contributed by atoms with Gasteiger partial charge in [-0.05, 0) is 29.2 Å². The maximum absolute atomic E-state index is 11.7. The van der Waals surface area contributed by atoms with Crippen molar-refractivity contribution in [2.75, 3.05) is 0 Å². The fourth-order valence-electron chi connectivity index (χ4n) is 2.14. The third-order valence-corrected chi connectivity index (χ3v) is 3.35. The lowest BCUT2D eigenvalue weighted by Gasteiger charge is -2.09. The molecule has 0 aliphatic carbocycles. The van der Waals surface area contributed by atoms with Crippen molar-refractivity contribution in [2.45, 2.75) is 32.2 Å². The summed E-state index contributed by atoms with van der Waals surface area (Å²) in [6.07, 6.45) is 1.74. The Labute approximate surface area is 119 Å². The largest absolute Gasteiger partial charge is 0.340 e. The van der Waals surface area contributed by atoms with Crippen LogP contribution >= 0.6 is 0 Å². The van der Waals surface area contributed by atoms with E-state index >= 15 is 0 Å². The van der Waals surface area contributed by atoms with E-state index in [1.807, 2.05) is 19.1 Å². The molecule has 2 aromatic carbocycles. The summed E-state index contributed by atoms with van der Waals surface area (Å²) in [5.74, 6) is -0.0634. The van der Waals surface area contributed by atoms with Crippen LogP contribution in [0.3, 0.4) is 0 Å². The van der Waals surface area contributed by atoms with Gasteiger partial charge in [0.2, 0.25) is 5.91 Å². The number of fused-ring (bicyclic) bond motifs is 1. The zero-order chi connectivity index (χ0) is 14.4. The van der Waals surface area contributed by atoms with Crippen LogP contribution in [0, 0.1) is 11.3 Å². The van der Waals surface area contributed by atoms with Crippen molar-refractivity contribution in [1.29, 1.82) is 5.26 Å². The molecule has 0 unspecified atom stereocenters. The summed E-state index contributed by atoms with van der Waals surface area (Å²) in [5.41, 5.74) is 1.14. The molecule has 0 heterocycles. The van der Waals surface area contributed by atoms with E-state index in [4.69, 9.17) is 5.26 Å². The second-order valence-corrected chi connectivity index (χ2v) is 4.84. The van der Waals surface area contributed by atoms with Crippen molar-refractivity contribution in [3.05, 3.63) is 48.0 Å². The first-order valence-electron chi connectivity index (χ1n) is 6.89. The maximum Gasteiger partial charge on any atom is 0.221 e. The molecule has 0 saturated carbocycles. The Balaban J connectivity index is 1.95. The van der Waals surface area contributed by atoms with Crippen LogP contribution in [0.5, 0.6) is 0 Å². The molecule has 0 spiro atoms. The number of nitriles is 1. The number of benzene rings is 2. The molecule has 2 rings (SSSR count). The lowest BCUT2D eigenvalue weighted by molar-refractivity contribution is -0.121. The Morgan fingerprint density at radius 1 is 1.25 bits per heavy atom. The van der Waals surface area contributed by atoms with Gasteiger partial charge in [0.25, 0.3) is 0 Å². The van der Waals surface area contributed by atoms with E-state index in [0.717, 1.165) is 5.56 Å². The predicted octanol–water partition coefficient (Wildman–Crippen LogP) is 3.19. The summed E-state index contributed by atoms with van der Waals surface area (Å²) >= 11 is 0. The number of carbonyl (C=O) groups is 1. The van der Waals surface area contributed by atoms with Crippen LogP contribution < -0.4 is 5.32 Å². The molecule has 0 radical (unpaired) electrons. The SMILES string of the molecule is CC[C@H](C#N)NC(=O)CCc1ccc2ccccc2c1. The molecule has 0 aromatic heterocycles. The number of hydrogen-bond donors (Lipinski definition) is 1. The van der Waals surface area contributed by atoms with Crippen molar-refractivity contribution in [3.63, 3.8) is 0 Å². The van der Waals surface area contributed by atoms with Crippen molar-refractivity contribution >= 4 is 16.7 Å². The molecule has 0 aliphatic rings. The zero-order valence-electron chi connectivity index (χ0n) is 11.6. The average molecular weight is 266 g/mol. The number of hydrogen-bond acceptors (Lipinski definition) is 2. The fourth-order valence-corrected chi connectivity index (χ4v) is 2.14. The summed E-state index contributed by atoms with van der Waals surface area (Å²) in [6.45, 7) is 1.89. The summed E-state index contributed by atoms with van der Waals surface area (Å²) in [4.78, 5) is 11.7. The van der Waals surface area contributed by atoms with E-state index < -0.39 is 0 Å². The van der Waals surface area contributed by atoms with Crippen LogP contribution in [0.25, 0.3) is 10.8 Å². The Morgan fingerprint density at radius 3 is 2.70 bits per heavy atom. The Bertz CT molecular complexity index is 643. The molecule has 1 N–H and O–H groups in total. The number of nitrogens with one attached hydrogen (secondary N) is 1. The minimum atomic E-state index is -0.376. The third kappa shape index (κ3) is 3.58. The highest BCUT2D eigenvalue weighted by Crippen LogP contribution is 2.16.